The van der Waals surface area contributed by atoms with E-state index in [1.54, 1.807) is 13.8 Å². The lowest BCUT2D eigenvalue weighted by molar-refractivity contribution is -0.321. The summed E-state index contributed by atoms with van der Waals surface area (Å²) in [5, 5.41) is 6.94. The molecule has 0 saturated carbocycles. The van der Waals surface area contributed by atoms with Gasteiger partial charge in [-0.1, -0.05) is 26.0 Å². The lowest BCUT2D eigenvalue weighted by Crippen LogP contribution is -2.47. The number of anilines is 1. The number of rotatable bonds is 11. The second-order valence-electron chi connectivity index (χ2n) is 9.03. The van der Waals surface area contributed by atoms with Gasteiger partial charge in [0.1, 0.15) is 12.4 Å². The fourth-order valence-corrected chi connectivity index (χ4v) is 3.66. The number of alkyl halides is 3. The molecule has 0 aliphatic carbocycles. The van der Waals surface area contributed by atoms with E-state index in [-0.39, 0.29) is 24.4 Å². The maximum atomic E-state index is 13.7. The first kappa shape index (κ1) is 30.5. The molecule has 2 rings (SSSR count). The number of halogens is 4. The van der Waals surface area contributed by atoms with E-state index in [0.29, 0.717) is 13.0 Å². The van der Waals surface area contributed by atoms with E-state index in [9.17, 15) is 41.5 Å². The number of nitrogens with one attached hydrogen (secondary N) is 3. The van der Waals surface area contributed by atoms with Crippen molar-refractivity contribution in [2.75, 3.05) is 18.5 Å². The topological polar surface area (TPSA) is 143 Å². The van der Waals surface area contributed by atoms with E-state index in [1.807, 2.05) is 0 Å². The molecule has 1 unspecified atom stereocenters. The van der Waals surface area contributed by atoms with Crippen LogP contribution in [0.25, 0.3) is 0 Å². The van der Waals surface area contributed by atoms with Crippen LogP contribution in [0.4, 0.5) is 23.2 Å². The molecule has 1 aliphatic heterocycles. The smallest absolute Gasteiger partial charge is 0.356 e. The molecule has 1 heterocycles. The highest BCUT2D eigenvalue weighted by Gasteiger charge is 2.36. The van der Waals surface area contributed by atoms with Gasteiger partial charge in [-0.2, -0.15) is 0 Å². The number of carbonyl (C=O) groups excluding carboxylic acids is 5. The summed E-state index contributed by atoms with van der Waals surface area (Å²) in [6, 6.07) is 3.62. The summed E-state index contributed by atoms with van der Waals surface area (Å²) in [6.45, 7) is 2.42. The van der Waals surface area contributed by atoms with Gasteiger partial charge in [0, 0.05) is 18.7 Å². The van der Waals surface area contributed by atoms with Crippen molar-refractivity contribution >= 4 is 41.3 Å². The number of aliphatic imine (C=N–C) groups is 1. The van der Waals surface area contributed by atoms with Crippen LogP contribution in [-0.2, 0) is 28.7 Å². The predicted octanol–water partition coefficient (Wildman–Crippen LogP) is 2.14. The van der Waals surface area contributed by atoms with Gasteiger partial charge in [-0.05, 0) is 37.3 Å². The Morgan fingerprint density at radius 3 is 2.47 bits per heavy atom. The van der Waals surface area contributed by atoms with Gasteiger partial charge in [-0.25, -0.2) is 9.38 Å². The van der Waals surface area contributed by atoms with Crippen LogP contribution in [0.15, 0.2) is 29.3 Å². The third-order valence-corrected chi connectivity index (χ3v) is 5.52. The maximum Gasteiger partial charge on any atom is 0.522 e. The third kappa shape index (κ3) is 10.00. The summed E-state index contributed by atoms with van der Waals surface area (Å²) >= 11 is 0. The molecule has 1 saturated heterocycles. The molecule has 0 aromatic heterocycles. The van der Waals surface area contributed by atoms with E-state index < -0.39 is 66.1 Å². The lowest BCUT2D eigenvalue weighted by atomic mass is 9.93. The number of nitrogens with zero attached hydrogens (tertiary/aromatic N) is 1. The van der Waals surface area contributed by atoms with Crippen LogP contribution in [0, 0.1) is 23.6 Å². The zero-order chi connectivity index (χ0) is 28.5. The number of ether oxygens (including phenoxy) is 1. The van der Waals surface area contributed by atoms with Gasteiger partial charge in [0.2, 0.25) is 11.8 Å². The van der Waals surface area contributed by atoms with Crippen LogP contribution in [-0.4, -0.2) is 61.2 Å². The molecule has 1 aliphatic rings. The second kappa shape index (κ2) is 13.7. The first-order valence-corrected chi connectivity index (χ1v) is 11.7. The van der Waals surface area contributed by atoms with Crippen molar-refractivity contribution in [3.05, 3.63) is 30.1 Å². The maximum absolute atomic E-state index is 13.7. The number of para-hydroxylation sites is 1. The Morgan fingerprint density at radius 2 is 1.89 bits per heavy atom. The molecule has 208 valence electrons. The first-order chi connectivity index (χ1) is 17.8. The number of ketones is 1. The summed E-state index contributed by atoms with van der Waals surface area (Å²) in [7, 11) is 0. The highest BCUT2D eigenvalue weighted by Crippen LogP contribution is 2.20. The average molecular weight is 545 g/mol. The number of carbonyl (C=O) groups is 5. The molecule has 0 spiro atoms. The summed E-state index contributed by atoms with van der Waals surface area (Å²) in [5.74, 6) is -7.74. The van der Waals surface area contributed by atoms with E-state index in [0.717, 1.165) is 12.3 Å². The van der Waals surface area contributed by atoms with Crippen LogP contribution < -0.4 is 16.0 Å². The zero-order valence-electron chi connectivity index (χ0n) is 20.6. The zero-order valence-corrected chi connectivity index (χ0v) is 20.6. The fraction of sp³-hybridized carbons (Fsp3) is 0.500. The number of hydrogen-bond donors (Lipinski definition) is 3. The quantitative estimate of drug-likeness (QED) is 0.221. The minimum Gasteiger partial charge on any atom is -0.356 e. The molecule has 3 atom stereocenters. The van der Waals surface area contributed by atoms with Gasteiger partial charge in [-0.15, -0.1) is 13.2 Å². The molecule has 1 fully saturated rings. The monoisotopic (exact) mass is 544 g/mol. The van der Waals surface area contributed by atoms with E-state index in [1.165, 1.54) is 18.2 Å². The van der Waals surface area contributed by atoms with Crippen LogP contribution in [0.3, 0.4) is 0 Å². The Morgan fingerprint density at radius 1 is 1.21 bits per heavy atom. The molecule has 3 N–H and O–H groups in total. The number of benzene rings is 1. The Labute approximate surface area is 215 Å². The Hall–Kier alpha value is -3.68. The number of Topliss-reactive ketones (excluding diaryl/α,β-unsaturated/α-hetero) is 1. The van der Waals surface area contributed by atoms with Crippen molar-refractivity contribution in [3.63, 3.8) is 0 Å². The highest BCUT2D eigenvalue weighted by atomic mass is 19.4. The second-order valence-corrected chi connectivity index (χ2v) is 9.03. The van der Waals surface area contributed by atoms with Crippen LogP contribution >= 0.6 is 0 Å². The van der Waals surface area contributed by atoms with Crippen molar-refractivity contribution in [1.82, 2.24) is 10.6 Å². The fourth-order valence-electron chi connectivity index (χ4n) is 3.66. The van der Waals surface area contributed by atoms with Gasteiger partial charge < -0.3 is 16.0 Å². The summed E-state index contributed by atoms with van der Waals surface area (Å²) in [6.07, 6.45) is -4.03. The SMILES string of the molecule is CC(C)CC(/C=N/C(=O)C(=O)Nc1ccccc1F)C(=O)N[C@@H](C[C@@H]1CCNC1=O)C(=O)COC(F)(F)F. The Balaban J connectivity index is 2.14. The van der Waals surface area contributed by atoms with Crippen molar-refractivity contribution in [3.8, 4) is 0 Å². The first-order valence-electron chi connectivity index (χ1n) is 11.7. The third-order valence-electron chi connectivity index (χ3n) is 5.52. The summed E-state index contributed by atoms with van der Waals surface area (Å²) in [4.78, 5) is 65.1. The van der Waals surface area contributed by atoms with Crippen molar-refractivity contribution < 1.29 is 46.3 Å². The Kier molecular flexibility index (Phi) is 11.0. The van der Waals surface area contributed by atoms with Crippen LogP contribution in [0.1, 0.15) is 33.1 Å². The summed E-state index contributed by atoms with van der Waals surface area (Å²) in [5.41, 5.74) is -0.254. The molecule has 4 amide bonds. The van der Waals surface area contributed by atoms with Gasteiger partial charge in [0.25, 0.3) is 0 Å². The van der Waals surface area contributed by atoms with Crippen LogP contribution in [0.2, 0.25) is 0 Å². The molecular formula is C24H28F4N4O6. The Bertz CT molecular complexity index is 1080. The van der Waals surface area contributed by atoms with E-state index in [4.69, 9.17) is 0 Å². The minimum atomic E-state index is -5.08. The number of hydrogen-bond acceptors (Lipinski definition) is 6. The molecule has 38 heavy (non-hydrogen) atoms. The van der Waals surface area contributed by atoms with Crippen molar-refractivity contribution in [1.29, 1.82) is 0 Å². The number of amides is 4. The lowest BCUT2D eigenvalue weighted by Gasteiger charge is -2.23. The van der Waals surface area contributed by atoms with E-state index in [2.05, 4.69) is 25.7 Å². The van der Waals surface area contributed by atoms with Crippen molar-refractivity contribution in [2.45, 2.75) is 45.5 Å². The molecule has 10 nitrogen and oxygen atoms in total. The molecule has 0 bridgehead atoms. The van der Waals surface area contributed by atoms with Crippen molar-refractivity contribution in [2.24, 2.45) is 22.7 Å². The predicted molar refractivity (Wildman–Crippen MR) is 126 cm³/mol. The molecule has 0 radical (unpaired) electrons. The van der Waals surface area contributed by atoms with Crippen LogP contribution in [0.5, 0.6) is 0 Å². The van der Waals surface area contributed by atoms with Gasteiger partial charge in [-0.3, -0.25) is 28.7 Å². The molecular weight excluding hydrogens is 516 g/mol. The van der Waals surface area contributed by atoms with E-state index >= 15 is 0 Å². The van der Waals surface area contributed by atoms with Gasteiger partial charge in [0.05, 0.1) is 17.6 Å². The van der Waals surface area contributed by atoms with Gasteiger partial charge >= 0.3 is 18.2 Å². The standard InChI is InChI=1S/C24H28F4N4O6/c1-13(2)9-15(11-30-22(36)23(37)31-17-6-4-3-5-16(17)25)21(35)32-18(10-14-7-8-29-20(14)34)19(33)12-38-24(26,27)28/h3-6,11,13-15,18H,7-10,12H2,1-2H3,(H,29,34)(H,31,37)(H,32,35)/b30-11+/t14-,15?,18-/m0/s1. The summed E-state index contributed by atoms with van der Waals surface area (Å²) < 4.78 is 54.7. The molecule has 1 aromatic rings. The average Bonchev–Trinajstić information content (AvgIpc) is 3.24. The molecule has 1 aromatic carbocycles. The van der Waals surface area contributed by atoms with Gasteiger partial charge in [0.15, 0.2) is 5.78 Å². The highest BCUT2D eigenvalue weighted by molar-refractivity contribution is 6.41. The largest absolute Gasteiger partial charge is 0.522 e. The molecule has 14 heteroatoms. The normalized spacial score (nSPS) is 17.2. The minimum absolute atomic E-state index is 0.0986.